The maximum absolute atomic E-state index is 11.2. The van der Waals surface area contributed by atoms with E-state index in [9.17, 15) is 4.79 Å². The second-order valence-corrected chi connectivity index (χ2v) is 3.98. The second kappa shape index (κ2) is 7.75. The van der Waals surface area contributed by atoms with Crippen LogP contribution in [0.5, 0.6) is 0 Å². The third kappa shape index (κ3) is 5.22. The van der Waals surface area contributed by atoms with Gasteiger partial charge in [0.15, 0.2) is 0 Å². The van der Waals surface area contributed by atoms with E-state index >= 15 is 0 Å². The molecule has 1 aromatic rings. The molecule has 0 radical (unpaired) electrons. The smallest absolute Gasteiger partial charge is 0.266 e. The van der Waals surface area contributed by atoms with Crippen LogP contribution in [0.15, 0.2) is 18.3 Å². The van der Waals surface area contributed by atoms with E-state index in [0.29, 0.717) is 25.4 Å². The van der Waals surface area contributed by atoms with Crippen molar-refractivity contribution in [2.24, 2.45) is 5.84 Å². The van der Waals surface area contributed by atoms with Crippen molar-refractivity contribution in [1.29, 1.82) is 0 Å². The van der Waals surface area contributed by atoms with Crippen LogP contribution in [0.3, 0.4) is 0 Å². The van der Waals surface area contributed by atoms with Gasteiger partial charge in [-0.15, -0.1) is 0 Å². The van der Waals surface area contributed by atoms with E-state index in [2.05, 4.69) is 4.98 Å². The van der Waals surface area contributed by atoms with Gasteiger partial charge in [-0.05, 0) is 26.0 Å². The highest BCUT2D eigenvalue weighted by molar-refractivity contribution is 5.93. The fourth-order valence-electron chi connectivity index (χ4n) is 1.25. The molecule has 1 rings (SSSR count). The molecule has 6 nitrogen and oxygen atoms in total. The monoisotopic (exact) mass is 253 g/mol. The first kappa shape index (κ1) is 14.6. The summed E-state index contributed by atoms with van der Waals surface area (Å²) in [5.74, 6) is 4.65. The molecule has 0 spiro atoms. The van der Waals surface area contributed by atoms with Gasteiger partial charge in [0, 0.05) is 6.20 Å². The minimum atomic E-state index is -0.361. The number of hydrazine groups is 1. The summed E-state index contributed by atoms with van der Waals surface area (Å²) < 4.78 is 10.7. The number of pyridine rings is 1. The number of nitrogens with zero attached hydrogens (tertiary/aromatic N) is 1. The maximum atomic E-state index is 11.2. The minimum absolute atomic E-state index is 0.209. The van der Waals surface area contributed by atoms with Crippen LogP contribution in [0.25, 0.3) is 0 Å². The third-order valence-electron chi connectivity index (χ3n) is 2.15. The maximum Gasteiger partial charge on any atom is 0.266 e. The van der Waals surface area contributed by atoms with Gasteiger partial charge in [0.25, 0.3) is 5.91 Å². The summed E-state index contributed by atoms with van der Waals surface area (Å²) in [7, 11) is 0. The van der Waals surface area contributed by atoms with Crippen molar-refractivity contribution in [2.45, 2.75) is 26.6 Å². The number of hydrogen-bond donors (Lipinski definition) is 2. The van der Waals surface area contributed by atoms with Crippen LogP contribution in [-0.4, -0.2) is 30.2 Å². The lowest BCUT2D eigenvalue weighted by Crippen LogP contribution is -2.30. The van der Waals surface area contributed by atoms with E-state index in [1.807, 2.05) is 19.3 Å². The van der Waals surface area contributed by atoms with Crippen LogP contribution in [0.4, 0.5) is 0 Å². The lowest BCUT2D eigenvalue weighted by atomic mass is 10.2. The van der Waals surface area contributed by atoms with Crippen molar-refractivity contribution in [2.75, 3.05) is 13.2 Å². The van der Waals surface area contributed by atoms with E-state index in [1.54, 1.807) is 12.1 Å². The standard InChI is InChI=1S/C12H19N3O3/c1-9(2)18-6-5-17-8-11-4-3-10(7-14-11)12(16)15-13/h3-4,7,9H,5-6,8,13H2,1-2H3,(H,15,16). The van der Waals surface area contributed by atoms with Crippen LogP contribution in [0.1, 0.15) is 29.9 Å². The lowest BCUT2D eigenvalue weighted by Gasteiger charge is -2.08. The molecule has 0 bridgehead atoms. The quantitative estimate of drug-likeness (QED) is 0.322. The van der Waals surface area contributed by atoms with Gasteiger partial charge in [0.1, 0.15) is 0 Å². The molecule has 0 atom stereocenters. The molecule has 1 aromatic heterocycles. The molecule has 0 fully saturated rings. The number of carbonyl (C=O) groups is 1. The summed E-state index contributed by atoms with van der Waals surface area (Å²) in [6, 6.07) is 3.38. The number of aromatic nitrogens is 1. The molecule has 0 aliphatic heterocycles. The van der Waals surface area contributed by atoms with Gasteiger partial charge in [-0.25, -0.2) is 5.84 Å². The Bertz CT molecular complexity index is 365. The van der Waals surface area contributed by atoms with E-state index < -0.39 is 0 Å². The van der Waals surface area contributed by atoms with Gasteiger partial charge in [-0.1, -0.05) is 0 Å². The van der Waals surface area contributed by atoms with Crippen LogP contribution >= 0.6 is 0 Å². The number of hydrogen-bond acceptors (Lipinski definition) is 5. The fraction of sp³-hybridized carbons (Fsp3) is 0.500. The van der Waals surface area contributed by atoms with E-state index in [0.717, 1.165) is 5.69 Å². The number of carbonyl (C=O) groups excluding carboxylic acids is 1. The first-order chi connectivity index (χ1) is 8.63. The highest BCUT2D eigenvalue weighted by atomic mass is 16.5. The van der Waals surface area contributed by atoms with E-state index in [-0.39, 0.29) is 12.0 Å². The predicted octanol–water partition coefficient (Wildman–Crippen LogP) is 0.627. The Hall–Kier alpha value is -1.50. The molecular formula is C12H19N3O3. The molecule has 0 aliphatic carbocycles. The molecule has 100 valence electrons. The molecule has 18 heavy (non-hydrogen) atoms. The van der Waals surface area contributed by atoms with Crippen molar-refractivity contribution < 1.29 is 14.3 Å². The Morgan fingerprint density at radius 2 is 2.22 bits per heavy atom. The number of nitrogen functional groups attached to an aromatic ring is 1. The van der Waals surface area contributed by atoms with Crippen LogP contribution in [0.2, 0.25) is 0 Å². The third-order valence-corrected chi connectivity index (χ3v) is 2.15. The number of ether oxygens (including phenoxy) is 2. The average Bonchev–Trinajstić information content (AvgIpc) is 2.38. The predicted molar refractivity (Wildman–Crippen MR) is 66.6 cm³/mol. The molecule has 3 N–H and O–H groups in total. The average molecular weight is 253 g/mol. The van der Waals surface area contributed by atoms with E-state index in [4.69, 9.17) is 15.3 Å². The van der Waals surface area contributed by atoms with Crippen LogP contribution in [0, 0.1) is 0 Å². The highest BCUT2D eigenvalue weighted by Crippen LogP contribution is 2.01. The van der Waals surface area contributed by atoms with Gasteiger partial charge in [-0.3, -0.25) is 15.2 Å². The minimum Gasteiger partial charge on any atom is -0.376 e. The van der Waals surface area contributed by atoms with Crippen molar-refractivity contribution >= 4 is 5.91 Å². The molecule has 6 heteroatoms. The topological polar surface area (TPSA) is 86.5 Å². The van der Waals surface area contributed by atoms with Crippen molar-refractivity contribution in [3.8, 4) is 0 Å². The van der Waals surface area contributed by atoms with Gasteiger partial charge < -0.3 is 9.47 Å². The molecule has 0 saturated carbocycles. The van der Waals surface area contributed by atoms with Crippen molar-refractivity contribution in [1.82, 2.24) is 10.4 Å². The SMILES string of the molecule is CC(C)OCCOCc1ccc(C(=O)NN)cn1. The van der Waals surface area contributed by atoms with Gasteiger partial charge in [-0.2, -0.15) is 0 Å². The molecular weight excluding hydrogens is 234 g/mol. The summed E-state index contributed by atoms with van der Waals surface area (Å²) in [4.78, 5) is 15.3. The first-order valence-electron chi connectivity index (χ1n) is 5.78. The molecule has 0 saturated heterocycles. The summed E-state index contributed by atoms with van der Waals surface area (Å²) in [6.45, 7) is 5.42. The normalized spacial score (nSPS) is 10.7. The Morgan fingerprint density at radius 3 is 2.78 bits per heavy atom. The number of amides is 1. The summed E-state index contributed by atoms with van der Waals surface area (Å²) in [6.07, 6.45) is 1.67. The van der Waals surface area contributed by atoms with Gasteiger partial charge in [0.05, 0.1) is 37.2 Å². The van der Waals surface area contributed by atoms with Crippen LogP contribution in [-0.2, 0) is 16.1 Å². The Balaban J connectivity index is 2.29. The number of nitrogens with one attached hydrogen (secondary N) is 1. The number of rotatable bonds is 7. The van der Waals surface area contributed by atoms with Crippen LogP contribution < -0.4 is 11.3 Å². The lowest BCUT2D eigenvalue weighted by molar-refractivity contribution is 0.0135. The zero-order chi connectivity index (χ0) is 13.4. The second-order valence-electron chi connectivity index (χ2n) is 3.98. The fourth-order valence-corrected chi connectivity index (χ4v) is 1.25. The largest absolute Gasteiger partial charge is 0.376 e. The Labute approximate surface area is 106 Å². The van der Waals surface area contributed by atoms with Crippen molar-refractivity contribution in [3.05, 3.63) is 29.6 Å². The molecule has 1 amide bonds. The molecule has 0 aromatic carbocycles. The molecule has 1 heterocycles. The molecule has 0 unspecified atom stereocenters. The van der Waals surface area contributed by atoms with Gasteiger partial charge >= 0.3 is 0 Å². The first-order valence-corrected chi connectivity index (χ1v) is 5.78. The zero-order valence-electron chi connectivity index (χ0n) is 10.7. The highest BCUT2D eigenvalue weighted by Gasteiger charge is 2.03. The molecule has 0 aliphatic rings. The van der Waals surface area contributed by atoms with Gasteiger partial charge in [0.2, 0.25) is 0 Å². The number of nitrogens with two attached hydrogens (primary N) is 1. The summed E-state index contributed by atoms with van der Waals surface area (Å²) in [5, 5.41) is 0. The van der Waals surface area contributed by atoms with Crippen molar-refractivity contribution in [3.63, 3.8) is 0 Å². The Morgan fingerprint density at radius 1 is 1.44 bits per heavy atom. The van der Waals surface area contributed by atoms with E-state index in [1.165, 1.54) is 6.20 Å². The summed E-state index contributed by atoms with van der Waals surface area (Å²) in [5.41, 5.74) is 3.22. The summed E-state index contributed by atoms with van der Waals surface area (Å²) >= 11 is 0. The Kier molecular flexibility index (Phi) is 6.27. The zero-order valence-corrected chi connectivity index (χ0v) is 10.7.